The van der Waals surface area contributed by atoms with Crippen molar-refractivity contribution in [1.29, 1.82) is 0 Å². The highest BCUT2D eigenvalue weighted by Crippen LogP contribution is 2.13. The fraction of sp³-hybridized carbons (Fsp3) is 0.750. The first-order valence-corrected chi connectivity index (χ1v) is 5.75. The lowest BCUT2D eigenvalue weighted by Crippen LogP contribution is -2.44. The number of amides is 1. The van der Waals surface area contributed by atoms with Crippen LogP contribution in [-0.4, -0.2) is 25.0 Å². The van der Waals surface area contributed by atoms with Gasteiger partial charge in [0.2, 0.25) is 5.91 Å². The molecule has 2 unspecified atom stereocenters. The summed E-state index contributed by atoms with van der Waals surface area (Å²) in [7, 11) is 0. The first-order valence-electron chi connectivity index (χ1n) is 5.75. The summed E-state index contributed by atoms with van der Waals surface area (Å²) in [6.45, 7) is 8.11. The molecule has 1 heterocycles. The van der Waals surface area contributed by atoms with Crippen molar-refractivity contribution in [2.75, 3.05) is 13.1 Å². The van der Waals surface area contributed by atoms with E-state index in [2.05, 4.69) is 17.6 Å². The van der Waals surface area contributed by atoms with E-state index in [9.17, 15) is 4.79 Å². The molecule has 15 heavy (non-hydrogen) atoms. The highest BCUT2D eigenvalue weighted by molar-refractivity contribution is 5.88. The SMILES string of the molecule is CC(C)=CC(=O)NC(C)C1CCCNC1. The van der Waals surface area contributed by atoms with Crippen LogP contribution >= 0.6 is 0 Å². The van der Waals surface area contributed by atoms with E-state index < -0.39 is 0 Å². The van der Waals surface area contributed by atoms with Crippen molar-refractivity contribution in [1.82, 2.24) is 10.6 Å². The predicted molar refractivity (Wildman–Crippen MR) is 62.6 cm³/mol. The van der Waals surface area contributed by atoms with Gasteiger partial charge in [0.05, 0.1) is 0 Å². The Morgan fingerprint density at radius 3 is 2.80 bits per heavy atom. The van der Waals surface area contributed by atoms with Gasteiger partial charge in [-0.25, -0.2) is 0 Å². The van der Waals surface area contributed by atoms with Gasteiger partial charge in [-0.1, -0.05) is 5.57 Å². The van der Waals surface area contributed by atoms with Crippen LogP contribution in [0.15, 0.2) is 11.6 Å². The molecule has 0 saturated carbocycles. The molecule has 0 aromatic heterocycles. The van der Waals surface area contributed by atoms with Crippen molar-refractivity contribution >= 4 is 5.91 Å². The molecule has 1 aliphatic heterocycles. The fourth-order valence-electron chi connectivity index (χ4n) is 1.95. The maximum Gasteiger partial charge on any atom is 0.244 e. The molecule has 86 valence electrons. The minimum Gasteiger partial charge on any atom is -0.350 e. The Morgan fingerprint density at radius 2 is 2.27 bits per heavy atom. The molecule has 2 atom stereocenters. The molecule has 1 amide bonds. The van der Waals surface area contributed by atoms with E-state index in [1.54, 1.807) is 6.08 Å². The molecule has 2 N–H and O–H groups in total. The van der Waals surface area contributed by atoms with Gasteiger partial charge in [0.25, 0.3) is 0 Å². The lowest BCUT2D eigenvalue weighted by atomic mass is 9.93. The zero-order valence-corrected chi connectivity index (χ0v) is 9.97. The van der Waals surface area contributed by atoms with Gasteiger partial charge in [-0.15, -0.1) is 0 Å². The van der Waals surface area contributed by atoms with Crippen molar-refractivity contribution in [3.05, 3.63) is 11.6 Å². The Morgan fingerprint density at radius 1 is 1.53 bits per heavy atom. The van der Waals surface area contributed by atoms with Gasteiger partial charge in [0.1, 0.15) is 0 Å². The average Bonchev–Trinajstić information content (AvgIpc) is 2.17. The normalized spacial score (nSPS) is 23.0. The molecule has 1 saturated heterocycles. The van der Waals surface area contributed by atoms with Crippen molar-refractivity contribution in [3.63, 3.8) is 0 Å². The molecule has 0 aromatic rings. The van der Waals surface area contributed by atoms with E-state index in [1.165, 1.54) is 12.8 Å². The number of allylic oxidation sites excluding steroid dienone is 1. The quantitative estimate of drug-likeness (QED) is 0.692. The Hall–Kier alpha value is -0.830. The topological polar surface area (TPSA) is 41.1 Å². The van der Waals surface area contributed by atoms with Crippen LogP contribution < -0.4 is 10.6 Å². The maximum absolute atomic E-state index is 11.5. The standard InChI is InChI=1S/C12H22N2O/c1-9(2)7-12(15)14-10(3)11-5-4-6-13-8-11/h7,10-11,13H,4-6,8H2,1-3H3,(H,14,15). The van der Waals surface area contributed by atoms with Crippen LogP contribution in [0.2, 0.25) is 0 Å². The Bertz CT molecular complexity index is 238. The van der Waals surface area contributed by atoms with Crippen molar-refractivity contribution in [2.24, 2.45) is 5.92 Å². The van der Waals surface area contributed by atoms with Crippen molar-refractivity contribution in [2.45, 2.75) is 39.7 Å². The van der Waals surface area contributed by atoms with Crippen LogP contribution in [-0.2, 0) is 4.79 Å². The highest BCUT2D eigenvalue weighted by atomic mass is 16.1. The Balaban J connectivity index is 2.36. The summed E-state index contributed by atoms with van der Waals surface area (Å²) >= 11 is 0. The number of hydrogen-bond acceptors (Lipinski definition) is 2. The summed E-state index contributed by atoms with van der Waals surface area (Å²) < 4.78 is 0. The third kappa shape index (κ3) is 4.47. The largest absolute Gasteiger partial charge is 0.350 e. The zero-order valence-electron chi connectivity index (χ0n) is 9.97. The summed E-state index contributed by atoms with van der Waals surface area (Å²) in [4.78, 5) is 11.5. The Kier molecular flexibility index (Phi) is 4.82. The minimum absolute atomic E-state index is 0.0353. The first-order chi connectivity index (χ1) is 7.09. The summed E-state index contributed by atoms with van der Waals surface area (Å²) in [6.07, 6.45) is 4.09. The molecule has 1 aliphatic rings. The average molecular weight is 210 g/mol. The molecule has 0 aliphatic carbocycles. The predicted octanol–water partition coefficient (Wildman–Crippen LogP) is 1.46. The molecular weight excluding hydrogens is 188 g/mol. The number of nitrogens with one attached hydrogen (secondary N) is 2. The van der Waals surface area contributed by atoms with E-state index in [0.717, 1.165) is 18.7 Å². The van der Waals surface area contributed by atoms with Gasteiger partial charge >= 0.3 is 0 Å². The van der Waals surface area contributed by atoms with Crippen LogP contribution in [0.3, 0.4) is 0 Å². The Labute approximate surface area is 92.3 Å². The van der Waals surface area contributed by atoms with Crippen LogP contribution in [0.1, 0.15) is 33.6 Å². The summed E-state index contributed by atoms with van der Waals surface area (Å²) in [6, 6.07) is 0.265. The molecule has 1 rings (SSSR count). The third-order valence-electron chi connectivity index (χ3n) is 2.83. The second-order valence-corrected chi connectivity index (χ2v) is 4.63. The van der Waals surface area contributed by atoms with E-state index in [-0.39, 0.29) is 11.9 Å². The molecule has 0 bridgehead atoms. The van der Waals surface area contributed by atoms with Crippen molar-refractivity contribution in [3.8, 4) is 0 Å². The summed E-state index contributed by atoms with van der Waals surface area (Å²) in [5, 5.41) is 6.39. The molecular formula is C12H22N2O. The molecule has 0 radical (unpaired) electrons. The van der Waals surface area contributed by atoms with Crippen LogP contribution in [0.4, 0.5) is 0 Å². The number of hydrogen-bond donors (Lipinski definition) is 2. The van der Waals surface area contributed by atoms with Gasteiger partial charge in [0, 0.05) is 12.1 Å². The zero-order chi connectivity index (χ0) is 11.3. The lowest BCUT2D eigenvalue weighted by Gasteiger charge is -2.28. The lowest BCUT2D eigenvalue weighted by molar-refractivity contribution is -0.117. The van der Waals surface area contributed by atoms with Gasteiger partial charge in [0.15, 0.2) is 0 Å². The van der Waals surface area contributed by atoms with E-state index in [4.69, 9.17) is 0 Å². The first kappa shape index (κ1) is 12.2. The van der Waals surface area contributed by atoms with Gasteiger partial charge in [-0.05, 0) is 52.6 Å². The van der Waals surface area contributed by atoms with E-state index in [1.807, 2.05) is 13.8 Å². The monoisotopic (exact) mass is 210 g/mol. The van der Waals surface area contributed by atoms with Gasteiger partial charge in [-0.3, -0.25) is 4.79 Å². The summed E-state index contributed by atoms with van der Waals surface area (Å²) in [5.74, 6) is 0.612. The molecule has 0 aromatic carbocycles. The minimum atomic E-state index is 0.0353. The van der Waals surface area contributed by atoms with E-state index >= 15 is 0 Å². The fourth-order valence-corrected chi connectivity index (χ4v) is 1.95. The second-order valence-electron chi connectivity index (χ2n) is 4.63. The number of carbonyl (C=O) groups is 1. The third-order valence-corrected chi connectivity index (χ3v) is 2.83. The van der Waals surface area contributed by atoms with Gasteiger partial charge < -0.3 is 10.6 Å². The second kappa shape index (κ2) is 5.91. The molecule has 1 fully saturated rings. The van der Waals surface area contributed by atoms with Crippen LogP contribution in [0.5, 0.6) is 0 Å². The number of rotatable bonds is 3. The number of piperidine rings is 1. The summed E-state index contributed by atoms with van der Waals surface area (Å²) in [5.41, 5.74) is 1.04. The van der Waals surface area contributed by atoms with E-state index in [0.29, 0.717) is 5.92 Å². The van der Waals surface area contributed by atoms with Crippen molar-refractivity contribution < 1.29 is 4.79 Å². The molecule has 0 spiro atoms. The smallest absolute Gasteiger partial charge is 0.244 e. The highest BCUT2D eigenvalue weighted by Gasteiger charge is 2.20. The van der Waals surface area contributed by atoms with Crippen LogP contribution in [0, 0.1) is 5.92 Å². The number of carbonyl (C=O) groups excluding carboxylic acids is 1. The molecule has 3 nitrogen and oxygen atoms in total. The maximum atomic E-state index is 11.5. The molecule has 3 heteroatoms. The van der Waals surface area contributed by atoms with Crippen LogP contribution in [0.25, 0.3) is 0 Å². The van der Waals surface area contributed by atoms with Gasteiger partial charge in [-0.2, -0.15) is 0 Å².